The number of halogens is 3. The van der Waals surface area contributed by atoms with E-state index in [0.29, 0.717) is 25.0 Å². The average Bonchev–Trinajstić information content (AvgIpc) is 3.72. The first-order valence-electron chi connectivity index (χ1n) is 12.1. The van der Waals surface area contributed by atoms with E-state index in [4.69, 9.17) is 14.7 Å². The SMILES string of the molecule is CN1c2nc(NCc3ccc(Oc4ccc(C(F)(F)F)nc4)nc3)nc3c2N(CCC3)C(=O)C1C1CC1. The number of hydrogen-bond donors (Lipinski definition) is 1. The van der Waals surface area contributed by atoms with Gasteiger partial charge in [0.05, 0.1) is 11.9 Å². The van der Waals surface area contributed by atoms with Crippen molar-refractivity contribution in [2.24, 2.45) is 5.92 Å². The van der Waals surface area contributed by atoms with E-state index in [-0.39, 0.29) is 23.6 Å². The number of rotatable bonds is 6. The van der Waals surface area contributed by atoms with Gasteiger partial charge in [-0.15, -0.1) is 0 Å². The van der Waals surface area contributed by atoms with Crippen molar-refractivity contribution in [3.05, 3.63) is 53.6 Å². The zero-order chi connectivity index (χ0) is 25.7. The molecule has 192 valence electrons. The van der Waals surface area contributed by atoms with E-state index in [2.05, 4.69) is 15.3 Å². The fourth-order valence-electron chi connectivity index (χ4n) is 4.87. The van der Waals surface area contributed by atoms with E-state index in [1.54, 1.807) is 18.3 Å². The number of carbonyl (C=O) groups excluding carboxylic acids is 1. The molecule has 1 unspecified atom stereocenters. The van der Waals surface area contributed by atoms with Crippen molar-refractivity contribution in [2.45, 2.75) is 44.4 Å². The van der Waals surface area contributed by atoms with Crippen LogP contribution in [0.15, 0.2) is 36.7 Å². The number of pyridine rings is 2. The third-order valence-electron chi connectivity index (χ3n) is 6.84. The number of nitrogens with one attached hydrogen (secondary N) is 1. The molecule has 37 heavy (non-hydrogen) atoms. The normalized spacial score (nSPS) is 19.0. The zero-order valence-electron chi connectivity index (χ0n) is 20.0. The number of likely N-dealkylation sites (N-methyl/N-ethyl adjacent to an activating group) is 1. The number of amides is 1. The lowest BCUT2D eigenvalue weighted by atomic mass is 10.00. The van der Waals surface area contributed by atoms with Gasteiger partial charge >= 0.3 is 6.18 Å². The van der Waals surface area contributed by atoms with E-state index in [9.17, 15) is 18.0 Å². The van der Waals surface area contributed by atoms with Crippen LogP contribution in [0, 0.1) is 5.92 Å². The lowest BCUT2D eigenvalue weighted by molar-refractivity contribution is -0.141. The smallest absolute Gasteiger partial charge is 0.433 e. The van der Waals surface area contributed by atoms with E-state index < -0.39 is 11.9 Å². The third kappa shape index (κ3) is 4.51. The molecule has 9 nitrogen and oxygen atoms in total. The molecule has 3 aliphatic rings. The topological polar surface area (TPSA) is 96.4 Å². The third-order valence-corrected chi connectivity index (χ3v) is 6.84. The molecule has 0 spiro atoms. The summed E-state index contributed by atoms with van der Waals surface area (Å²) < 4.78 is 43.5. The predicted molar refractivity (Wildman–Crippen MR) is 128 cm³/mol. The van der Waals surface area contributed by atoms with Crippen LogP contribution in [0.5, 0.6) is 11.6 Å². The van der Waals surface area contributed by atoms with Gasteiger partial charge in [-0.2, -0.15) is 18.2 Å². The highest BCUT2D eigenvalue weighted by atomic mass is 19.4. The van der Waals surface area contributed by atoms with Gasteiger partial charge in [-0.3, -0.25) is 4.79 Å². The minimum absolute atomic E-state index is 0.156. The Morgan fingerprint density at radius 2 is 1.95 bits per heavy atom. The Bertz CT molecular complexity index is 1330. The first kappa shape index (κ1) is 23.4. The van der Waals surface area contributed by atoms with Gasteiger partial charge in [0.15, 0.2) is 5.82 Å². The summed E-state index contributed by atoms with van der Waals surface area (Å²) in [7, 11) is 1.94. The molecule has 0 aromatic carbocycles. The molecule has 1 fully saturated rings. The fourth-order valence-corrected chi connectivity index (χ4v) is 4.87. The lowest BCUT2D eigenvalue weighted by Crippen LogP contribution is -2.55. The number of carbonyl (C=O) groups is 1. The number of alkyl halides is 3. The van der Waals surface area contributed by atoms with Crippen LogP contribution in [0.2, 0.25) is 0 Å². The van der Waals surface area contributed by atoms with Crippen molar-refractivity contribution in [3.63, 3.8) is 0 Å². The van der Waals surface area contributed by atoms with Crippen molar-refractivity contribution in [1.29, 1.82) is 0 Å². The molecule has 0 saturated heterocycles. The van der Waals surface area contributed by atoms with E-state index in [1.165, 1.54) is 6.07 Å². The maximum absolute atomic E-state index is 13.1. The minimum Gasteiger partial charge on any atom is -0.437 e. The second kappa shape index (κ2) is 8.86. The first-order valence-corrected chi connectivity index (χ1v) is 12.1. The standard InChI is InChI=1S/C25H24F3N7O2/c1-34-20(15-5-6-15)23(36)35-10-2-3-17-21(35)22(34)33-24(32-17)31-12-14-4-9-19(30-11-14)37-16-7-8-18(29-13-16)25(26,27)28/h4,7-9,11,13,15,20H,2-3,5-6,10,12H2,1H3,(H,31,32,33). The van der Waals surface area contributed by atoms with Crippen LogP contribution in [0.3, 0.4) is 0 Å². The number of aryl methyl sites for hydroxylation is 1. The second-order valence-corrected chi connectivity index (χ2v) is 9.49. The van der Waals surface area contributed by atoms with Gasteiger partial charge in [-0.05, 0) is 49.3 Å². The molecule has 3 aromatic heterocycles. The lowest BCUT2D eigenvalue weighted by Gasteiger charge is -2.43. The fraction of sp³-hybridized carbons (Fsp3) is 0.400. The summed E-state index contributed by atoms with van der Waals surface area (Å²) in [6, 6.07) is 5.32. The van der Waals surface area contributed by atoms with Crippen molar-refractivity contribution in [2.75, 3.05) is 28.7 Å². The summed E-state index contributed by atoms with van der Waals surface area (Å²) >= 11 is 0. The van der Waals surface area contributed by atoms with Gasteiger partial charge in [-0.1, -0.05) is 6.07 Å². The Kier molecular flexibility index (Phi) is 5.61. The van der Waals surface area contributed by atoms with Gasteiger partial charge in [0.2, 0.25) is 17.7 Å². The van der Waals surface area contributed by atoms with Crippen molar-refractivity contribution < 1.29 is 22.7 Å². The van der Waals surface area contributed by atoms with Crippen LogP contribution >= 0.6 is 0 Å². The van der Waals surface area contributed by atoms with Crippen LogP contribution in [0.1, 0.15) is 36.2 Å². The van der Waals surface area contributed by atoms with Crippen molar-refractivity contribution in [1.82, 2.24) is 19.9 Å². The molecule has 12 heteroatoms. The summed E-state index contributed by atoms with van der Waals surface area (Å²) in [5.41, 5.74) is 1.57. The number of ether oxygens (including phenoxy) is 1. The molecule has 0 radical (unpaired) electrons. The van der Waals surface area contributed by atoms with Gasteiger partial charge in [0.1, 0.15) is 23.2 Å². The minimum atomic E-state index is -4.50. The predicted octanol–water partition coefficient (Wildman–Crippen LogP) is 4.20. The second-order valence-electron chi connectivity index (χ2n) is 9.49. The van der Waals surface area contributed by atoms with Crippen LogP contribution < -0.4 is 19.9 Å². The summed E-state index contributed by atoms with van der Waals surface area (Å²) in [6.45, 7) is 1.11. The Morgan fingerprint density at radius 3 is 2.62 bits per heavy atom. The summed E-state index contributed by atoms with van der Waals surface area (Å²) in [4.78, 5) is 34.1. The Morgan fingerprint density at radius 1 is 1.11 bits per heavy atom. The number of hydrogen-bond acceptors (Lipinski definition) is 8. The van der Waals surface area contributed by atoms with Crippen LogP contribution in [-0.2, 0) is 23.9 Å². The summed E-state index contributed by atoms with van der Waals surface area (Å²) in [6.07, 6.45) is 1.91. The molecule has 3 aromatic rings. The van der Waals surface area contributed by atoms with Crippen LogP contribution in [0.4, 0.5) is 30.6 Å². The van der Waals surface area contributed by atoms with Gasteiger partial charge in [0.25, 0.3) is 0 Å². The Balaban J connectivity index is 1.15. The first-order chi connectivity index (χ1) is 17.8. The molecular formula is C25H24F3N7O2. The summed E-state index contributed by atoms with van der Waals surface area (Å²) in [5, 5.41) is 3.26. The molecule has 5 heterocycles. The van der Waals surface area contributed by atoms with Crippen LogP contribution in [0.25, 0.3) is 0 Å². The van der Waals surface area contributed by atoms with Crippen molar-refractivity contribution >= 4 is 23.4 Å². The molecule has 1 atom stereocenters. The monoisotopic (exact) mass is 511 g/mol. The molecule has 6 rings (SSSR count). The largest absolute Gasteiger partial charge is 0.437 e. The van der Waals surface area contributed by atoms with Gasteiger partial charge in [-0.25, -0.2) is 15.0 Å². The number of nitrogens with zero attached hydrogens (tertiary/aromatic N) is 6. The van der Waals surface area contributed by atoms with Crippen molar-refractivity contribution in [3.8, 4) is 11.6 Å². The molecule has 1 N–H and O–H groups in total. The maximum Gasteiger partial charge on any atom is 0.433 e. The van der Waals surface area contributed by atoms with Gasteiger partial charge in [0, 0.05) is 32.4 Å². The Hall–Kier alpha value is -3.96. The molecule has 1 amide bonds. The highest BCUT2D eigenvalue weighted by Crippen LogP contribution is 2.45. The quantitative estimate of drug-likeness (QED) is 0.526. The molecule has 0 bridgehead atoms. The van der Waals surface area contributed by atoms with E-state index >= 15 is 0 Å². The molecule has 2 aliphatic heterocycles. The highest BCUT2D eigenvalue weighted by Gasteiger charge is 2.47. The number of anilines is 3. The highest BCUT2D eigenvalue weighted by molar-refractivity contribution is 6.06. The molecular weight excluding hydrogens is 487 g/mol. The van der Waals surface area contributed by atoms with E-state index in [1.807, 2.05) is 16.8 Å². The Labute approximate surface area is 210 Å². The summed E-state index contributed by atoms with van der Waals surface area (Å²) in [5.74, 6) is 2.20. The maximum atomic E-state index is 13.1. The van der Waals surface area contributed by atoms with Crippen LogP contribution in [-0.4, -0.2) is 45.5 Å². The molecule has 1 aliphatic carbocycles. The van der Waals surface area contributed by atoms with Gasteiger partial charge < -0.3 is 19.9 Å². The zero-order valence-corrected chi connectivity index (χ0v) is 20.0. The molecule has 1 saturated carbocycles. The average molecular weight is 512 g/mol. The number of aromatic nitrogens is 4. The van der Waals surface area contributed by atoms with E-state index in [0.717, 1.165) is 60.7 Å².